The second-order valence-corrected chi connectivity index (χ2v) is 3.47. The van der Waals surface area contributed by atoms with Gasteiger partial charge in [-0.2, -0.15) is 5.10 Å². The summed E-state index contributed by atoms with van der Waals surface area (Å²) in [7, 11) is 0. The van der Waals surface area contributed by atoms with Gasteiger partial charge in [-0.05, 0) is 6.92 Å². The van der Waals surface area contributed by atoms with Crippen LogP contribution in [0.4, 0.5) is 0 Å². The summed E-state index contributed by atoms with van der Waals surface area (Å²) in [4.78, 5) is 4.29. The van der Waals surface area contributed by atoms with Crippen LogP contribution >= 0.6 is 11.6 Å². The number of fused-ring (bicyclic) bond motifs is 1. The third-order valence-corrected chi connectivity index (χ3v) is 2.02. The van der Waals surface area contributed by atoms with Gasteiger partial charge < -0.3 is 4.74 Å². The Morgan fingerprint density at radius 1 is 1.67 bits per heavy atom. The van der Waals surface area contributed by atoms with Crippen LogP contribution in [0.1, 0.15) is 5.69 Å². The molecule has 0 aromatic carbocycles. The van der Waals surface area contributed by atoms with Crippen molar-refractivity contribution in [3.63, 3.8) is 0 Å². The molecule has 0 aliphatic heterocycles. The molecule has 78 valence electrons. The van der Waals surface area contributed by atoms with Crippen molar-refractivity contribution < 1.29 is 4.74 Å². The van der Waals surface area contributed by atoms with Crippen LogP contribution in [0, 0.1) is 6.92 Å². The number of hydrogen-bond acceptors (Lipinski definition) is 3. The first-order valence-electron chi connectivity index (χ1n) is 4.47. The monoisotopic (exact) mass is 223 g/mol. The van der Waals surface area contributed by atoms with Crippen LogP contribution in [-0.2, 0) is 0 Å². The van der Waals surface area contributed by atoms with Crippen LogP contribution in [0.25, 0.3) is 5.65 Å². The highest BCUT2D eigenvalue weighted by Gasteiger charge is 2.08. The lowest BCUT2D eigenvalue weighted by Crippen LogP contribution is -1.98. The van der Waals surface area contributed by atoms with E-state index in [1.807, 2.05) is 6.92 Å². The zero-order valence-corrected chi connectivity index (χ0v) is 9.03. The molecule has 2 rings (SSSR count). The smallest absolute Gasteiger partial charge is 0.196 e. The number of nitrogens with zero attached hydrogens (tertiary/aromatic N) is 3. The summed E-state index contributed by atoms with van der Waals surface area (Å²) in [5, 5.41) is 4.45. The Hall–Kier alpha value is -1.55. The molecule has 2 aromatic heterocycles. The van der Waals surface area contributed by atoms with Gasteiger partial charge in [-0.1, -0.05) is 24.3 Å². The number of hydrogen-bond donors (Lipinski definition) is 0. The lowest BCUT2D eigenvalue weighted by atomic mass is 10.5. The van der Waals surface area contributed by atoms with Gasteiger partial charge in [-0.25, -0.2) is 9.50 Å². The van der Waals surface area contributed by atoms with Gasteiger partial charge in [-0.15, -0.1) is 0 Å². The zero-order chi connectivity index (χ0) is 10.8. The van der Waals surface area contributed by atoms with Crippen molar-refractivity contribution in [3.05, 3.63) is 35.8 Å². The van der Waals surface area contributed by atoms with E-state index in [2.05, 4.69) is 16.7 Å². The summed E-state index contributed by atoms with van der Waals surface area (Å²) in [6.45, 7) is 5.89. The summed E-state index contributed by atoms with van der Waals surface area (Å²) in [5.74, 6) is 0.614. The number of rotatable bonds is 3. The van der Waals surface area contributed by atoms with Gasteiger partial charge in [0.15, 0.2) is 16.5 Å². The Morgan fingerprint density at radius 2 is 2.47 bits per heavy atom. The van der Waals surface area contributed by atoms with Gasteiger partial charge >= 0.3 is 0 Å². The average molecular weight is 224 g/mol. The fourth-order valence-electron chi connectivity index (χ4n) is 1.29. The molecule has 0 amide bonds. The lowest BCUT2D eigenvalue weighted by molar-refractivity contribution is 0.364. The molecule has 0 fully saturated rings. The lowest BCUT2D eigenvalue weighted by Gasteiger charge is -2.04. The molecule has 0 aliphatic carbocycles. The average Bonchev–Trinajstić information content (AvgIpc) is 2.54. The van der Waals surface area contributed by atoms with Crippen molar-refractivity contribution in [2.45, 2.75) is 6.92 Å². The minimum absolute atomic E-state index is 0.374. The first-order chi connectivity index (χ1) is 7.20. The van der Waals surface area contributed by atoms with E-state index in [1.165, 1.54) is 0 Å². The van der Waals surface area contributed by atoms with Crippen LogP contribution < -0.4 is 4.74 Å². The molecule has 0 unspecified atom stereocenters. The maximum absolute atomic E-state index is 5.85. The van der Waals surface area contributed by atoms with Crippen molar-refractivity contribution >= 4 is 17.2 Å². The van der Waals surface area contributed by atoms with Gasteiger partial charge in [0.2, 0.25) is 0 Å². The summed E-state index contributed by atoms with van der Waals surface area (Å²) in [6.07, 6.45) is 3.46. The van der Waals surface area contributed by atoms with Crippen molar-refractivity contribution in [2.24, 2.45) is 0 Å². The number of aromatic nitrogens is 3. The Bertz CT molecular complexity index is 507. The molecule has 2 heterocycles. The third-order valence-electron chi connectivity index (χ3n) is 1.84. The van der Waals surface area contributed by atoms with E-state index in [-0.39, 0.29) is 0 Å². The second-order valence-electron chi connectivity index (χ2n) is 3.08. The van der Waals surface area contributed by atoms with Gasteiger partial charge in [-0.3, -0.25) is 0 Å². The summed E-state index contributed by atoms with van der Waals surface area (Å²) in [5.41, 5.74) is 1.53. The Morgan fingerprint density at radius 3 is 3.20 bits per heavy atom. The van der Waals surface area contributed by atoms with Crippen LogP contribution in [0.5, 0.6) is 5.75 Å². The Labute approximate surface area is 92.1 Å². The maximum Gasteiger partial charge on any atom is 0.196 e. The minimum atomic E-state index is 0.374. The minimum Gasteiger partial charge on any atom is -0.485 e. The molecule has 0 saturated carbocycles. The largest absolute Gasteiger partial charge is 0.485 e. The second kappa shape index (κ2) is 3.90. The Kier molecular flexibility index (Phi) is 2.60. The van der Waals surface area contributed by atoms with E-state index in [0.29, 0.717) is 23.2 Å². The molecule has 0 bridgehead atoms. The quantitative estimate of drug-likeness (QED) is 0.750. The number of halogens is 1. The highest BCUT2D eigenvalue weighted by atomic mass is 35.5. The standard InChI is InChI=1S/C10H10ClN3O/c1-3-4-15-8-5-9(11)13-14-6-7(2)12-10(8)14/h3,5-6H,1,4H2,2H3. The molecular formula is C10H10ClN3O. The van der Waals surface area contributed by atoms with Crippen LogP contribution in [0.2, 0.25) is 5.15 Å². The van der Waals surface area contributed by atoms with Gasteiger partial charge in [0.25, 0.3) is 0 Å². The molecule has 0 aliphatic rings. The molecular weight excluding hydrogens is 214 g/mol. The van der Waals surface area contributed by atoms with Crippen LogP contribution in [0.3, 0.4) is 0 Å². The van der Waals surface area contributed by atoms with E-state index in [9.17, 15) is 0 Å². The van der Waals surface area contributed by atoms with Gasteiger partial charge in [0.1, 0.15) is 6.61 Å². The highest BCUT2D eigenvalue weighted by Crippen LogP contribution is 2.21. The fourth-order valence-corrected chi connectivity index (χ4v) is 1.47. The van der Waals surface area contributed by atoms with E-state index >= 15 is 0 Å². The molecule has 0 radical (unpaired) electrons. The summed E-state index contributed by atoms with van der Waals surface area (Å²) < 4.78 is 7.04. The fraction of sp³-hybridized carbons (Fsp3) is 0.200. The molecule has 0 N–H and O–H groups in total. The Balaban J connectivity index is 2.54. The first-order valence-corrected chi connectivity index (χ1v) is 4.84. The van der Waals surface area contributed by atoms with Crippen molar-refractivity contribution in [1.29, 1.82) is 0 Å². The topological polar surface area (TPSA) is 39.4 Å². The molecule has 2 aromatic rings. The summed E-state index contributed by atoms with van der Waals surface area (Å²) >= 11 is 5.85. The first kappa shape index (κ1) is 9.98. The molecule has 0 saturated heterocycles. The van der Waals surface area contributed by atoms with Crippen molar-refractivity contribution in [2.75, 3.05) is 6.61 Å². The molecule has 15 heavy (non-hydrogen) atoms. The van der Waals surface area contributed by atoms with Crippen molar-refractivity contribution in [3.8, 4) is 5.75 Å². The van der Waals surface area contributed by atoms with Crippen LogP contribution in [0.15, 0.2) is 24.9 Å². The SMILES string of the molecule is C=CCOc1cc(Cl)nn2cc(C)nc12. The zero-order valence-electron chi connectivity index (χ0n) is 8.27. The summed E-state index contributed by atoms with van der Waals surface area (Å²) in [6, 6.07) is 1.65. The third kappa shape index (κ3) is 1.94. The van der Waals surface area contributed by atoms with Crippen molar-refractivity contribution in [1.82, 2.24) is 14.6 Å². The number of imidazole rings is 1. The van der Waals surface area contributed by atoms with E-state index in [4.69, 9.17) is 16.3 Å². The normalized spacial score (nSPS) is 10.5. The van der Waals surface area contributed by atoms with E-state index in [0.717, 1.165) is 5.69 Å². The number of ether oxygens (including phenoxy) is 1. The number of aryl methyl sites for hydroxylation is 1. The predicted octanol–water partition coefficient (Wildman–Crippen LogP) is 2.26. The highest BCUT2D eigenvalue weighted by molar-refractivity contribution is 6.29. The maximum atomic E-state index is 5.85. The van der Waals surface area contributed by atoms with E-state index < -0.39 is 0 Å². The van der Waals surface area contributed by atoms with E-state index in [1.54, 1.807) is 22.9 Å². The predicted molar refractivity (Wildman–Crippen MR) is 58.4 cm³/mol. The molecule has 0 atom stereocenters. The molecule has 0 spiro atoms. The van der Waals surface area contributed by atoms with Gasteiger partial charge in [0.05, 0.1) is 11.9 Å². The molecule has 5 heteroatoms. The van der Waals surface area contributed by atoms with Crippen LogP contribution in [-0.4, -0.2) is 21.2 Å². The molecule has 4 nitrogen and oxygen atoms in total. The van der Waals surface area contributed by atoms with Gasteiger partial charge in [0, 0.05) is 6.07 Å².